The van der Waals surface area contributed by atoms with Crippen LogP contribution in [0.5, 0.6) is 0 Å². The molecule has 31 heavy (non-hydrogen) atoms. The summed E-state index contributed by atoms with van der Waals surface area (Å²) in [5.74, 6) is -2.86. The molecule has 1 aromatic carbocycles. The van der Waals surface area contributed by atoms with Gasteiger partial charge in [0, 0.05) is 11.6 Å². The number of amides is 3. The summed E-state index contributed by atoms with van der Waals surface area (Å²) < 4.78 is 23.4. The lowest BCUT2D eigenvalue weighted by atomic mass is 9.86. The molecule has 3 rings (SSSR count). The molecular weight excluding hydrogens is 411 g/mol. The number of esters is 1. The zero-order valence-electron chi connectivity index (χ0n) is 16.9. The standard InChI is InChI=1S/C20H23FN4O6/c1-12-4-2-3-5-15(12)22-19(28)23-16(26)11-30-17(27)10-25-20(29)31-18(24-25)13-6-8-14(21)9-7-13/h6-9,12,15H,2-5,10-11H2,1H3,(H2,22,23,26,28). The number of nitrogens with zero attached hydrogens (tertiary/aromatic N) is 2. The maximum atomic E-state index is 13.0. The Balaban J connectivity index is 1.45. The average Bonchev–Trinajstić information content (AvgIpc) is 3.09. The number of halogens is 1. The molecule has 166 valence electrons. The van der Waals surface area contributed by atoms with E-state index in [1.807, 2.05) is 6.92 Å². The second-order valence-corrected chi connectivity index (χ2v) is 7.39. The van der Waals surface area contributed by atoms with E-state index in [1.165, 1.54) is 24.3 Å². The van der Waals surface area contributed by atoms with Crippen LogP contribution >= 0.6 is 0 Å². The number of benzene rings is 1. The zero-order valence-corrected chi connectivity index (χ0v) is 16.9. The molecule has 0 saturated heterocycles. The Labute approximate surface area is 176 Å². The van der Waals surface area contributed by atoms with Crippen molar-refractivity contribution in [1.29, 1.82) is 0 Å². The zero-order chi connectivity index (χ0) is 22.4. The third-order valence-electron chi connectivity index (χ3n) is 5.02. The van der Waals surface area contributed by atoms with Crippen LogP contribution in [0.4, 0.5) is 9.18 Å². The lowest BCUT2D eigenvalue weighted by Crippen LogP contribution is -2.48. The minimum Gasteiger partial charge on any atom is -0.454 e. The number of nitrogens with one attached hydrogen (secondary N) is 2. The van der Waals surface area contributed by atoms with E-state index in [4.69, 9.17) is 9.15 Å². The predicted octanol–water partition coefficient (Wildman–Crippen LogP) is 1.59. The number of imide groups is 1. The van der Waals surface area contributed by atoms with E-state index in [0.29, 0.717) is 11.5 Å². The van der Waals surface area contributed by atoms with Gasteiger partial charge in [-0.3, -0.25) is 14.9 Å². The molecule has 1 saturated carbocycles. The van der Waals surface area contributed by atoms with Crippen molar-refractivity contribution < 1.29 is 27.9 Å². The molecule has 11 heteroatoms. The van der Waals surface area contributed by atoms with Gasteiger partial charge in [-0.1, -0.05) is 19.8 Å². The molecule has 2 aromatic rings. The summed E-state index contributed by atoms with van der Waals surface area (Å²) in [6.45, 7) is 0.757. The van der Waals surface area contributed by atoms with Gasteiger partial charge in [-0.15, -0.1) is 5.10 Å². The Kier molecular flexibility index (Phi) is 7.16. The van der Waals surface area contributed by atoms with Gasteiger partial charge in [0.15, 0.2) is 6.61 Å². The lowest BCUT2D eigenvalue weighted by Gasteiger charge is -2.29. The van der Waals surface area contributed by atoms with Crippen molar-refractivity contribution in [2.24, 2.45) is 5.92 Å². The van der Waals surface area contributed by atoms with Gasteiger partial charge in [0.2, 0.25) is 5.89 Å². The first-order valence-electron chi connectivity index (χ1n) is 9.91. The van der Waals surface area contributed by atoms with Crippen molar-refractivity contribution in [2.75, 3.05) is 6.61 Å². The van der Waals surface area contributed by atoms with Crippen molar-refractivity contribution in [3.05, 3.63) is 40.6 Å². The van der Waals surface area contributed by atoms with Crippen LogP contribution < -0.4 is 16.4 Å². The number of urea groups is 1. The summed E-state index contributed by atoms with van der Waals surface area (Å²) in [7, 11) is 0. The second kappa shape index (κ2) is 10.0. The summed E-state index contributed by atoms with van der Waals surface area (Å²) in [4.78, 5) is 47.5. The summed E-state index contributed by atoms with van der Waals surface area (Å²) in [5, 5.41) is 8.71. The fourth-order valence-corrected chi connectivity index (χ4v) is 3.33. The van der Waals surface area contributed by atoms with Gasteiger partial charge in [-0.25, -0.2) is 14.0 Å². The summed E-state index contributed by atoms with van der Waals surface area (Å²) in [6.07, 6.45) is 4.01. The van der Waals surface area contributed by atoms with Gasteiger partial charge in [0.25, 0.3) is 5.91 Å². The molecule has 0 bridgehead atoms. The third-order valence-corrected chi connectivity index (χ3v) is 5.02. The van der Waals surface area contributed by atoms with E-state index < -0.39 is 42.6 Å². The molecule has 1 aromatic heterocycles. The Morgan fingerprint density at radius 2 is 1.94 bits per heavy atom. The number of ether oxygens (including phenoxy) is 1. The minimum absolute atomic E-state index is 0.00144. The topological polar surface area (TPSA) is 133 Å². The minimum atomic E-state index is -0.919. The number of carbonyl (C=O) groups is 3. The third kappa shape index (κ3) is 6.24. The second-order valence-electron chi connectivity index (χ2n) is 7.39. The molecule has 2 N–H and O–H groups in total. The van der Waals surface area contributed by atoms with Crippen LogP contribution in [0.25, 0.3) is 11.5 Å². The van der Waals surface area contributed by atoms with Crippen molar-refractivity contribution in [2.45, 2.75) is 45.2 Å². The van der Waals surface area contributed by atoms with E-state index in [2.05, 4.69) is 15.7 Å². The smallest absolute Gasteiger partial charge is 0.437 e. The molecule has 1 aliphatic carbocycles. The van der Waals surface area contributed by atoms with Crippen LogP contribution in [0.1, 0.15) is 32.6 Å². The van der Waals surface area contributed by atoms with Crippen molar-refractivity contribution in [3.63, 3.8) is 0 Å². The fourth-order valence-electron chi connectivity index (χ4n) is 3.33. The van der Waals surface area contributed by atoms with Crippen LogP contribution in [-0.4, -0.2) is 40.3 Å². The summed E-state index contributed by atoms with van der Waals surface area (Å²) in [6, 6.07) is 4.44. The first-order chi connectivity index (χ1) is 14.8. The van der Waals surface area contributed by atoms with Gasteiger partial charge >= 0.3 is 17.8 Å². The Morgan fingerprint density at radius 1 is 1.23 bits per heavy atom. The number of hydrogen-bond donors (Lipinski definition) is 2. The molecule has 2 atom stereocenters. The Hall–Kier alpha value is -3.50. The molecule has 2 unspecified atom stereocenters. The highest BCUT2D eigenvalue weighted by atomic mass is 19.1. The molecule has 10 nitrogen and oxygen atoms in total. The quantitative estimate of drug-likeness (QED) is 0.660. The molecule has 1 fully saturated rings. The highest BCUT2D eigenvalue weighted by Gasteiger charge is 2.23. The van der Waals surface area contributed by atoms with E-state index in [-0.39, 0.29) is 11.9 Å². The van der Waals surface area contributed by atoms with Crippen LogP contribution in [0, 0.1) is 11.7 Å². The van der Waals surface area contributed by atoms with Gasteiger partial charge in [0.05, 0.1) is 0 Å². The molecule has 3 amide bonds. The van der Waals surface area contributed by atoms with Crippen LogP contribution in [0.3, 0.4) is 0 Å². The molecule has 0 aliphatic heterocycles. The van der Waals surface area contributed by atoms with E-state index >= 15 is 0 Å². The predicted molar refractivity (Wildman–Crippen MR) is 105 cm³/mol. The molecule has 0 radical (unpaired) electrons. The molecule has 0 spiro atoms. The first-order valence-corrected chi connectivity index (χ1v) is 9.91. The Bertz CT molecular complexity index is 1000. The number of rotatable bonds is 6. The van der Waals surface area contributed by atoms with E-state index in [9.17, 15) is 23.6 Å². The fraction of sp³-hybridized carbons (Fsp3) is 0.450. The van der Waals surface area contributed by atoms with Gasteiger partial charge in [0.1, 0.15) is 12.4 Å². The monoisotopic (exact) mass is 434 g/mol. The number of carbonyl (C=O) groups excluding carboxylic acids is 3. The molecular formula is C20H23FN4O6. The highest BCUT2D eigenvalue weighted by Crippen LogP contribution is 2.23. The van der Waals surface area contributed by atoms with Crippen molar-refractivity contribution in [3.8, 4) is 11.5 Å². The van der Waals surface area contributed by atoms with Crippen LogP contribution in [0.15, 0.2) is 33.5 Å². The van der Waals surface area contributed by atoms with Crippen LogP contribution in [-0.2, 0) is 20.9 Å². The maximum Gasteiger partial charge on any atom is 0.437 e. The normalized spacial score (nSPS) is 18.3. The molecule has 1 aliphatic rings. The average molecular weight is 434 g/mol. The maximum absolute atomic E-state index is 13.0. The van der Waals surface area contributed by atoms with Crippen molar-refractivity contribution in [1.82, 2.24) is 20.4 Å². The molecule has 1 heterocycles. The SMILES string of the molecule is CC1CCCCC1NC(=O)NC(=O)COC(=O)Cn1nc(-c2ccc(F)cc2)oc1=O. The van der Waals surface area contributed by atoms with E-state index in [1.54, 1.807) is 0 Å². The van der Waals surface area contributed by atoms with Gasteiger partial charge in [-0.2, -0.15) is 4.68 Å². The summed E-state index contributed by atoms with van der Waals surface area (Å²) in [5.41, 5.74) is 0.350. The van der Waals surface area contributed by atoms with Crippen molar-refractivity contribution >= 4 is 17.9 Å². The van der Waals surface area contributed by atoms with Crippen LogP contribution in [0.2, 0.25) is 0 Å². The Morgan fingerprint density at radius 3 is 2.65 bits per heavy atom. The largest absolute Gasteiger partial charge is 0.454 e. The number of aromatic nitrogens is 2. The van der Waals surface area contributed by atoms with Gasteiger partial charge < -0.3 is 14.5 Å². The summed E-state index contributed by atoms with van der Waals surface area (Å²) >= 11 is 0. The van der Waals surface area contributed by atoms with Gasteiger partial charge in [-0.05, 0) is 43.0 Å². The number of hydrogen-bond acceptors (Lipinski definition) is 7. The highest BCUT2D eigenvalue weighted by molar-refractivity contribution is 5.95. The first kappa shape index (κ1) is 22.2. The van der Waals surface area contributed by atoms with E-state index in [0.717, 1.165) is 30.4 Å². The lowest BCUT2D eigenvalue weighted by molar-refractivity contribution is -0.149.